The fraction of sp³-hybridized carbons (Fsp3) is 0.250. The monoisotopic (exact) mass is 378 g/mol. The molecule has 0 radical (unpaired) electrons. The number of nitrogens with zero attached hydrogens (tertiary/aromatic N) is 5. The van der Waals surface area contributed by atoms with Gasteiger partial charge in [-0.3, -0.25) is 4.68 Å². The van der Waals surface area contributed by atoms with Gasteiger partial charge in [0.1, 0.15) is 16.5 Å². The molecular formula is C20H22N6S. The van der Waals surface area contributed by atoms with E-state index in [0.29, 0.717) is 13.1 Å². The molecule has 3 heterocycles. The average molecular weight is 379 g/mol. The van der Waals surface area contributed by atoms with Crippen LogP contribution in [0.3, 0.4) is 0 Å². The van der Waals surface area contributed by atoms with Crippen LogP contribution in [0, 0.1) is 0 Å². The molecule has 0 spiro atoms. The normalized spacial score (nSPS) is 11.4. The van der Waals surface area contributed by atoms with Gasteiger partial charge in [0.2, 0.25) is 0 Å². The lowest BCUT2D eigenvalue weighted by Gasteiger charge is -2.13. The van der Waals surface area contributed by atoms with Gasteiger partial charge in [-0.25, -0.2) is 9.97 Å². The quantitative estimate of drug-likeness (QED) is 0.553. The summed E-state index contributed by atoms with van der Waals surface area (Å²) in [7, 11) is 6.00. The van der Waals surface area contributed by atoms with E-state index in [2.05, 4.69) is 45.0 Å². The minimum Gasteiger partial charge on any atom is -0.364 e. The first-order valence-electron chi connectivity index (χ1n) is 8.81. The Morgan fingerprint density at radius 2 is 1.93 bits per heavy atom. The summed E-state index contributed by atoms with van der Waals surface area (Å²) in [6.07, 6.45) is 1.81. The highest BCUT2D eigenvalue weighted by Gasteiger charge is 2.16. The third kappa shape index (κ3) is 3.70. The average Bonchev–Trinajstić information content (AvgIpc) is 3.26. The van der Waals surface area contributed by atoms with Crippen LogP contribution in [0.5, 0.6) is 0 Å². The zero-order chi connectivity index (χ0) is 18.8. The number of nitrogens with one attached hydrogen (secondary N) is 1. The summed E-state index contributed by atoms with van der Waals surface area (Å²) in [6.45, 7) is 1.36. The highest BCUT2D eigenvalue weighted by molar-refractivity contribution is 7.17. The molecule has 4 rings (SSSR count). The van der Waals surface area contributed by atoms with Gasteiger partial charge in [-0.15, -0.1) is 11.3 Å². The van der Waals surface area contributed by atoms with Crippen LogP contribution in [0.15, 0.2) is 48.0 Å². The van der Waals surface area contributed by atoms with Gasteiger partial charge in [0.15, 0.2) is 0 Å². The van der Waals surface area contributed by atoms with Gasteiger partial charge in [-0.05, 0) is 25.7 Å². The molecule has 0 amide bonds. The maximum atomic E-state index is 4.84. The summed E-state index contributed by atoms with van der Waals surface area (Å²) >= 11 is 1.66. The van der Waals surface area contributed by atoms with Crippen molar-refractivity contribution < 1.29 is 0 Å². The molecule has 0 aliphatic heterocycles. The van der Waals surface area contributed by atoms with Gasteiger partial charge in [-0.2, -0.15) is 5.10 Å². The van der Waals surface area contributed by atoms with Gasteiger partial charge in [0, 0.05) is 24.2 Å². The highest BCUT2D eigenvalue weighted by Crippen LogP contribution is 2.37. The largest absolute Gasteiger partial charge is 0.364 e. The van der Waals surface area contributed by atoms with E-state index < -0.39 is 0 Å². The SMILES string of the molecule is CN(C)Cc1nc(NCc2ccnn2C)c2c(-c3ccccc3)csc2n1. The third-order valence-corrected chi connectivity index (χ3v) is 5.25. The first kappa shape index (κ1) is 17.6. The van der Waals surface area contributed by atoms with E-state index in [0.717, 1.165) is 27.6 Å². The first-order chi connectivity index (χ1) is 13.1. The van der Waals surface area contributed by atoms with E-state index in [9.17, 15) is 0 Å². The second-order valence-corrected chi connectivity index (χ2v) is 7.58. The van der Waals surface area contributed by atoms with Crippen LogP contribution in [-0.2, 0) is 20.1 Å². The predicted octanol–water partition coefficient (Wildman–Crippen LogP) is 3.77. The number of rotatable bonds is 6. The number of benzene rings is 1. The Morgan fingerprint density at radius 3 is 2.63 bits per heavy atom. The maximum Gasteiger partial charge on any atom is 0.146 e. The molecule has 6 nitrogen and oxygen atoms in total. The molecule has 0 saturated carbocycles. The van der Waals surface area contributed by atoms with Crippen molar-refractivity contribution in [2.24, 2.45) is 7.05 Å². The summed E-state index contributed by atoms with van der Waals surface area (Å²) < 4.78 is 1.87. The van der Waals surface area contributed by atoms with E-state index in [1.165, 1.54) is 11.1 Å². The first-order valence-corrected chi connectivity index (χ1v) is 9.69. The lowest BCUT2D eigenvalue weighted by molar-refractivity contribution is 0.391. The van der Waals surface area contributed by atoms with E-state index in [4.69, 9.17) is 9.97 Å². The summed E-state index contributed by atoms with van der Waals surface area (Å²) in [5.74, 6) is 1.69. The predicted molar refractivity (Wildman–Crippen MR) is 111 cm³/mol. The zero-order valence-corrected chi connectivity index (χ0v) is 16.5. The molecule has 1 aromatic carbocycles. The van der Waals surface area contributed by atoms with Crippen molar-refractivity contribution in [3.63, 3.8) is 0 Å². The maximum absolute atomic E-state index is 4.84. The Morgan fingerprint density at radius 1 is 1.11 bits per heavy atom. The van der Waals surface area contributed by atoms with Crippen molar-refractivity contribution in [1.29, 1.82) is 0 Å². The van der Waals surface area contributed by atoms with Crippen LogP contribution in [0.1, 0.15) is 11.5 Å². The molecule has 0 bridgehead atoms. The van der Waals surface area contributed by atoms with Crippen molar-refractivity contribution in [1.82, 2.24) is 24.6 Å². The number of aryl methyl sites for hydroxylation is 1. The summed E-state index contributed by atoms with van der Waals surface area (Å²) in [5, 5.41) is 11.0. The van der Waals surface area contributed by atoms with E-state index in [1.54, 1.807) is 11.3 Å². The number of fused-ring (bicyclic) bond motifs is 1. The van der Waals surface area contributed by atoms with Gasteiger partial charge in [0.25, 0.3) is 0 Å². The van der Waals surface area contributed by atoms with Crippen molar-refractivity contribution in [2.75, 3.05) is 19.4 Å². The van der Waals surface area contributed by atoms with Crippen LogP contribution in [-0.4, -0.2) is 38.7 Å². The van der Waals surface area contributed by atoms with Gasteiger partial charge in [0.05, 0.1) is 24.2 Å². The molecule has 27 heavy (non-hydrogen) atoms. The fourth-order valence-electron chi connectivity index (χ4n) is 3.05. The zero-order valence-electron chi connectivity index (χ0n) is 15.7. The Hall–Kier alpha value is -2.77. The molecule has 138 valence electrons. The van der Waals surface area contributed by atoms with E-state index in [-0.39, 0.29) is 0 Å². The molecule has 0 atom stereocenters. The van der Waals surface area contributed by atoms with Crippen LogP contribution in [0.2, 0.25) is 0 Å². The second kappa shape index (κ2) is 7.46. The van der Waals surface area contributed by atoms with Gasteiger partial charge < -0.3 is 10.2 Å². The van der Waals surface area contributed by atoms with Gasteiger partial charge in [-0.1, -0.05) is 30.3 Å². The summed E-state index contributed by atoms with van der Waals surface area (Å²) in [6, 6.07) is 12.4. The Balaban J connectivity index is 1.79. The van der Waals surface area contributed by atoms with Crippen molar-refractivity contribution in [3.05, 3.63) is 59.5 Å². The number of hydrogen-bond donors (Lipinski definition) is 1. The van der Waals surface area contributed by atoms with Crippen molar-refractivity contribution >= 4 is 27.4 Å². The minimum absolute atomic E-state index is 0.661. The Labute approximate surface area is 162 Å². The number of aromatic nitrogens is 4. The van der Waals surface area contributed by atoms with Crippen molar-refractivity contribution in [2.45, 2.75) is 13.1 Å². The summed E-state index contributed by atoms with van der Waals surface area (Å²) in [4.78, 5) is 12.7. The molecule has 0 saturated heterocycles. The molecule has 4 aromatic rings. The Kier molecular flexibility index (Phi) is 4.87. The molecule has 0 aliphatic carbocycles. The molecule has 0 unspecified atom stereocenters. The van der Waals surface area contributed by atoms with Crippen LogP contribution < -0.4 is 5.32 Å². The second-order valence-electron chi connectivity index (χ2n) is 6.72. The van der Waals surface area contributed by atoms with Crippen molar-refractivity contribution in [3.8, 4) is 11.1 Å². The lowest BCUT2D eigenvalue weighted by atomic mass is 10.1. The highest BCUT2D eigenvalue weighted by atomic mass is 32.1. The van der Waals surface area contributed by atoms with Crippen LogP contribution in [0.4, 0.5) is 5.82 Å². The lowest BCUT2D eigenvalue weighted by Crippen LogP contribution is -2.15. The molecule has 0 fully saturated rings. The molecule has 0 aliphatic rings. The Bertz CT molecular complexity index is 1050. The number of hydrogen-bond acceptors (Lipinski definition) is 6. The fourth-order valence-corrected chi connectivity index (χ4v) is 4.01. The minimum atomic E-state index is 0.661. The molecular weight excluding hydrogens is 356 g/mol. The van der Waals surface area contributed by atoms with Crippen LogP contribution in [0.25, 0.3) is 21.3 Å². The smallest absolute Gasteiger partial charge is 0.146 e. The molecule has 7 heteroatoms. The number of anilines is 1. The molecule has 1 N–H and O–H groups in total. The van der Waals surface area contributed by atoms with E-state index >= 15 is 0 Å². The van der Waals surface area contributed by atoms with Gasteiger partial charge >= 0.3 is 0 Å². The standard InChI is InChI=1S/C20H22N6S/c1-25(2)12-17-23-19(21-11-15-9-10-22-26(15)3)18-16(13-27-20(18)24-17)14-7-5-4-6-8-14/h4-10,13H,11-12H2,1-3H3,(H,21,23,24). The topological polar surface area (TPSA) is 58.9 Å². The number of thiophene rings is 1. The third-order valence-electron chi connectivity index (χ3n) is 4.38. The molecule has 3 aromatic heterocycles. The van der Waals surface area contributed by atoms with Crippen LogP contribution >= 0.6 is 11.3 Å². The van der Waals surface area contributed by atoms with E-state index in [1.807, 2.05) is 44.2 Å². The summed E-state index contributed by atoms with van der Waals surface area (Å²) in [5.41, 5.74) is 3.45.